The Morgan fingerprint density at radius 3 is 2.88 bits per heavy atom. The predicted octanol–water partition coefficient (Wildman–Crippen LogP) is 1.41. The second-order valence-corrected chi connectivity index (χ2v) is 6.44. The molecule has 1 fully saturated rings. The van der Waals surface area contributed by atoms with E-state index < -0.39 is 12.1 Å². The SMILES string of the molecule is O=C1CC[C@@H](C(=O)NCc2cnc(-c3ccccc3)s2)NC(=O)N1. The molecule has 1 aromatic heterocycles. The molecule has 124 valence electrons. The average molecular weight is 344 g/mol. The third-order valence-corrected chi connectivity index (χ3v) is 4.59. The second kappa shape index (κ2) is 7.22. The van der Waals surface area contributed by atoms with E-state index >= 15 is 0 Å². The molecule has 8 heteroatoms. The molecule has 1 atom stereocenters. The van der Waals surface area contributed by atoms with Crippen LogP contribution in [-0.2, 0) is 16.1 Å². The number of amides is 4. The normalized spacial score (nSPS) is 17.6. The highest BCUT2D eigenvalue weighted by atomic mass is 32.1. The first kappa shape index (κ1) is 16.1. The average Bonchev–Trinajstić information content (AvgIpc) is 2.99. The molecule has 0 bridgehead atoms. The quantitative estimate of drug-likeness (QED) is 0.781. The molecule has 4 amide bonds. The molecule has 1 aromatic carbocycles. The molecule has 2 heterocycles. The number of imide groups is 1. The maximum absolute atomic E-state index is 12.2. The predicted molar refractivity (Wildman–Crippen MR) is 89.1 cm³/mol. The minimum Gasteiger partial charge on any atom is -0.349 e. The molecule has 1 saturated heterocycles. The fourth-order valence-electron chi connectivity index (χ4n) is 2.33. The second-order valence-electron chi connectivity index (χ2n) is 5.33. The maximum atomic E-state index is 12.2. The summed E-state index contributed by atoms with van der Waals surface area (Å²) in [5.74, 6) is -0.688. The summed E-state index contributed by atoms with van der Waals surface area (Å²) in [6.45, 7) is 0.330. The van der Waals surface area contributed by atoms with Crippen molar-refractivity contribution in [3.05, 3.63) is 41.4 Å². The minimum atomic E-state index is -0.710. The van der Waals surface area contributed by atoms with E-state index in [9.17, 15) is 14.4 Å². The van der Waals surface area contributed by atoms with Gasteiger partial charge in [-0.3, -0.25) is 14.9 Å². The zero-order valence-electron chi connectivity index (χ0n) is 12.7. The molecule has 3 N–H and O–H groups in total. The van der Waals surface area contributed by atoms with Gasteiger partial charge >= 0.3 is 6.03 Å². The molecular formula is C16H16N4O3S. The number of carbonyl (C=O) groups is 3. The van der Waals surface area contributed by atoms with Crippen molar-refractivity contribution >= 4 is 29.2 Å². The van der Waals surface area contributed by atoms with Gasteiger partial charge in [-0.05, 0) is 6.42 Å². The van der Waals surface area contributed by atoms with Crippen molar-refractivity contribution in [2.45, 2.75) is 25.4 Å². The van der Waals surface area contributed by atoms with Crippen molar-refractivity contribution < 1.29 is 14.4 Å². The van der Waals surface area contributed by atoms with Crippen LogP contribution in [-0.4, -0.2) is 28.9 Å². The Morgan fingerprint density at radius 2 is 2.08 bits per heavy atom. The summed E-state index contributed by atoms with van der Waals surface area (Å²) in [5, 5.41) is 8.29. The van der Waals surface area contributed by atoms with Crippen LogP contribution >= 0.6 is 11.3 Å². The molecule has 24 heavy (non-hydrogen) atoms. The number of aromatic nitrogens is 1. The van der Waals surface area contributed by atoms with E-state index in [1.165, 1.54) is 11.3 Å². The van der Waals surface area contributed by atoms with E-state index in [1.54, 1.807) is 6.20 Å². The highest BCUT2D eigenvalue weighted by molar-refractivity contribution is 7.15. The lowest BCUT2D eigenvalue weighted by Gasteiger charge is -2.14. The lowest BCUT2D eigenvalue weighted by atomic mass is 10.1. The fourth-order valence-corrected chi connectivity index (χ4v) is 3.19. The molecule has 0 unspecified atom stereocenters. The molecule has 1 aliphatic heterocycles. The van der Waals surface area contributed by atoms with Crippen molar-refractivity contribution in [3.8, 4) is 10.6 Å². The Labute approximate surface area is 142 Å². The molecule has 2 aromatic rings. The minimum absolute atomic E-state index is 0.134. The fraction of sp³-hybridized carbons (Fsp3) is 0.250. The van der Waals surface area contributed by atoms with Crippen molar-refractivity contribution in [2.24, 2.45) is 0 Å². The van der Waals surface area contributed by atoms with Crippen molar-refractivity contribution in [1.29, 1.82) is 0 Å². The van der Waals surface area contributed by atoms with Crippen LogP contribution in [0, 0.1) is 0 Å². The van der Waals surface area contributed by atoms with Gasteiger partial charge in [0.15, 0.2) is 0 Å². The number of hydrogen-bond donors (Lipinski definition) is 3. The van der Waals surface area contributed by atoms with Crippen LogP contribution in [0.5, 0.6) is 0 Å². The third kappa shape index (κ3) is 3.96. The molecule has 7 nitrogen and oxygen atoms in total. The zero-order chi connectivity index (χ0) is 16.9. The van der Waals surface area contributed by atoms with E-state index in [4.69, 9.17) is 0 Å². The first-order valence-corrected chi connectivity index (χ1v) is 8.31. The molecular weight excluding hydrogens is 328 g/mol. The third-order valence-electron chi connectivity index (χ3n) is 3.55. The number of thiazole rings is 1. The van der Waals surface area contributed by atoms with E-state index in [1.807, 2.05) is 30.3 Å². The van der Waals surface area contributed by atoms with E-state index in [0.29, 0.717) is 6.54 Å². The van der Waals surface area contributed by atoms with E-state index in [2.05, 4.69) is 20.9 Å². The summed E-state index contributed by atoms with van der Waals surface area (Å²) in [6, 6.07) is 8.45. The first-order valence-electron chi connectivity index (χ1n) is 7.50. The van der Waals surface area contributed by atoms with Gasteiger partial charge in [0, 0.05) is 23.1 Å². The Balaban J connectivity index is 1.57. The molecule has 0 saturated carbocycles. The number of hydrogen-bond acceptors (Lipinski definition) is 5. The van der Waals surface area contributed by atoms with E-state index in [-0.39, 0.29) is 24.7 Å². The van der Waals surface area contributed by atoms with Gasteiger partial charge < -0.3 is 10.6 Å². The summed E-state index contributed by atoms with van der Waals surface area (Å²) < 4.78 is 0. The van der Waals surface area contributed by atoms with Crippen molar-refractivity contribution in [1.82, 2.24) is 20.9 Å². The highest BCUT2D eigenvalue weighted by Crippen LogP contribution is 2.24. The summed E-state index contributed by atoms with van der Waals surface area (Å²) >= 11 is 1.50. The van der Waals surface area contributed by atoms with Gasteiger partial charge in [-0.15, -0.1) is 11.3 Å². The smallest absolute Gasteiger partial charge is 0.322 e. The molecule has 0 radical (unpaired) electrons. The van der Waals surface area contributed by atoms with Gasteiger partial charge in [0.05, 0.1) is 6.54 Å². The first-order chi connectivity index (χ1) is 11.6. The number of benzene rings is 1. The molecule has 3 rings (SSSR count). The number of rotatable bonds is 4. The Bertz CT molecular complexity index is 760. The number of carbonyl (C=O) groups excluding carboxylic acids is 3. The molecule has 0 spiro atoms. The largest absolute Gasteiger partial charge is 0.349 e. The monoisotopic (exact) mass is 344 g/mol. The number of urea groups is 1. The van der Waals surface area contributed by atoms with Gasteiger partial charge in [-0.2, -0.15) is 0 Å². The van der Waals surface area contributed by atoms with Crippen LogP contribution in [0.2, 0.25) is 0 Å². The number of nitrogens with zero attached hydrogens (tertiary/aromatic N) is 1. The van der Waals surface area contributed by atoms with Gasteiger partial charge in [0.2, 0.25) is 11.8 Å². The van der Waals surface area contributed by atoms with Crippen molar-refractivity contribution in [2.75, 3.05) is 0 Å². The summed E-state index contributed by atoms with van der Waals surface area (Å²) in [7, 11) is 0. The van der Waals surface area contributed by atoms with Crippen molar-refractivity contribution in [3.63, 3.8) is 0 Å². The van der Waals surface area contributed by atoms with Gasteiger partial charge in [0.25, 0.3) is 0 Å². The maximum Gasteiger partial charge on any atom is 0.322 e. The van der Waals surface area contributed by atoms with Crippen LogP contribution in [0.25, 0.3) is 10.6 Å². The summed E-state index contributed by atoms with van der Waals surface area (Å²) in [5.41, 5.74) is 1.03. The lowest BCUT2D eigenvalue weighted by Crippen LogP contribution is -2.48. The summed E-state index contributed by atoms with van der Waals surface area (Å²) in [4.78, 5) is 40.1. The Kier molecular flexibility index (Phi) is 4.85. The lowest BCUT2D eigenvalue weighted by molar-refractivity contribution is -0.123. The Hall–Kier alpha value is -2.74. The van der Waals surface area contributed by atoms with Gasteiger partial charge in [0.1, 0.15) is 11.0 Å². The van der Waals surface area contributed by atoms with Gasteiger partial charge in [-0.25, -0.2) is 9.78 Å². The Morgan fingerprint density at radius 1 is 1.29 bits per heavy atom. The molecule has 1 aliphatic rings. The topological polar surface area (TPSA) is 100 Å². The van der Waals surface area contributed by atoms with Crippen LogP contribution in [0.15, 0.2) is 36.5 Å². The van der Waals surface area contributed by atoms with Crippen LogP contribution in [0.1, 0.15) is 17.7 Å². The van der Waals surface area contributed by atoms with Gasteiger partial charge in [-0.1, -0.05) is 30.3 Å². The molecule has 0 aliphatic carbocycles. The van der Waals surface area contributed by atoms with Crippen LogP contribution in [0.4, 0.5) is 4.79 Å². The standard InChI is InChI=1S/C16H16N4O3S/c21-13-7-6-12(19-16(23)20-13)14(22)17-8-11-9-18-15(24-11)10-4-2-1-3-5-10/h1-5,9,12H,6-8H2,(H,17,22)(H2,19,20,21,23)/t12-/m0/s1. The zero-order valence-corrected chi connectivity index (χ0v) is 13.6. The van der Waals surface area contributed by atoms with Crippen LogP contribution in [0.3, 0.4) is 0 Å². The van der Waals surface area contributed by atoms with Crippen LogP contribution < -0.4 is 16.0 Å². The number of nitrogens with one attached hydrogen (secondary N) is 3. The summed E-state index contributed by atoms with van der Waals surface area (Å²) in [6.07, 6.45) is 2.14. The highest BCUT2D eigenvalue weighted by Gasteiger charge is 2.25. The van der Waals surface area contributed by atoms with E-state index in [0.717, 1.165) is 15.4 Å².